The molecule has 1 aliphatic rings. The first-order valence-corrected chi connectivity index (χ1v) is 11.8. The molecule has 2 atom stereocenters. The summed E-state index contributed by atoms with van der Waals surface area (Å²) in [5.41, 5.74) is 0.535. The zero-order chi connectivity index (χ0) is 26.4. The second-order valence-electron chi connectivity index (χ2n) is 8.04. The zero-order valence-corrected chi connectivity index (χ0v) is 21.0. The first-order chi connectivity index (χ1) is 16.9. The monoisotopic (exact) mass is 572 g/mol. The molecular formula is C25H15Cl4F3N2O2. The minimum atomic E-state index is -1.45. The molecule has 0 spiro atoms. The smallest absolute Gasteiger partial charge is 0.257 e. The maximum atomic E-state index is 13.9. The number of amides is 2. The highest BCUT2D eigenvalue weighted by Crippen LogP contribution is 2.65. The second-order valence-corrected chi connectivity index (χ2v) is 10.3. The Morgan fingerprint density at radius 1 is 0.889 bits per heavy atom. The summed E-state index contributed by atoms with van der Waals surface area (Å²) < 4.78 is 39.0. The minimum Gasteiger partial charge on any atom is -0.326 e. The van der Waals surface area contributed by atoms with E-state index in [-0.39, 0.29) is 32.5 Å². The van der Waals surface area contributed by atoms with Crippen LogP contribution in [-0.4, -0.2) is 16.1 Å². The van der Waals surface area contributed by atoms with E-state index in [2.05, 4.69) is 17.2 Å². The van der Waals surface area contributed by atoms with Crippen LogP contribution in [0, 0.1) is 17.6 Å². The second kappa shape index (κ2) is 9.98. The Labute approximate surface area is 224 Å². The van der Waals surface area contributed by atoms with Crippen molar-refractivity contribution in [3.05, 3.63) is 99.5 Å². The summed E-state index contributed by atoms with van der Waals surface area (Å²) in [5.74, 6) is -5.29. The summed E-state index contributed by atoms with van der Waals surface area (Å²) >= 11 is 25.0. The van der Waals surface area contributed by atoms with Crippen molar-refractivity contribution in [3.63, 3.8) is 0 Å². The third kappa shape index (κ3) is 5.20. The van der Waals surface area contributed by atoms with Gasteiger partial charge in [-0.3, -0.25) is 9.59 Å². The molecule has 0 radical (unpaired) electrons. The molecule has 36 heavy (non-hydrogen) atoms. The van der Waals surface area contributed by atoms with Gasteiger partial charge in [-0.2, -0.15) is 0 Å². The summed E-state index contributed by atoms with van der Waals surface area (Å²) in [4.78, 5) is 25.6. The summed E-state index contributed by atoms with van der Waals surface area (Å²) in [5, 5.41) is 5.07. The molecule has 1 fully saturated rings. The van der Waals surface area contributed by atoms with Crippen LogP contribution in [0.1, 0.15) is 27.4 Å². The lowest BCUT2D eigenvalue weighted by atomic mass is 10.1. The van der Waals surface area contributed by atoms with Crippen molar-refractivity contribution < 1.29 is 22.8 Å². The van der Waals surface area contributed by atoms with Crippen LogP contribution in [0.4, 0.5) is 24.5 Å². The summed E-state index contributed by atoms with van der Waals surface area (Å²) in [6.07, 6.45) is 0. The van der Waals surface area contributed by atoms with Gasteiger partial charge in [0.1, 0.15) is 21.8 Å². The van der Waals surface area contributed by atoms with Gasteiger partial charge in [0.05, 0.1) is 27.2 Å². The van der Waals surface area contributed by atoms with Gasteiger partial charge >= 0.3 is 0 Å². The van der Waals surface area contributed by atoms with Crippen LogP contribution in [0.5, 0.6) is 0 Å². The number of carbonyl (C=O) groups excluding carboxylic acids is 2. The first kappa shape index (κ1) is 26.4. The maximum absolute atomic E-state index is 13.9. The first-order valence-electron chi connectivity index (χ1n) is 10.3. The number of rotatable bonds is 6. The van der Waals surface area contributed by atoms with Gasteiger partial charge in [-0.05, 0) is 42.0 Å². The summed E-state index contributed by atoms with van der Waals surface area (Å²) in [6.45, 7) is 3.21. The molecule has 3 aromatic carbocycles. The van der Waals surface area contributed by atoms with Crippen LogP contribution >= 0.6 is 46.4 Å². The van der Waals surface area contributed by atoms with Gasteiger partial charge in [-0.25, -0.2) is 13.2 Å². The van der Waals surface area contributed by atoms with Crippen molar-refractivity contribution >= 4 is 75.4 Å². The average Bonchev–Trinajstić information content (AvgIpc) is 3.38. The topological polar surface area (TPSA) is 58.2 Å². The molecule has 0 aromatic heterocycles. The SMILES string of the molecule is C=C(F)c1ccc(C2C(C(=O)Nc3ccc(Cl)c(C(=O)Nc4ccc(F)cc4F)c3)C2(Cl)Cl)cc1Cl. The lowest BCUT2D eigenvalue weighted by Crippen LogP contribution is -2.18. The largest absolute Gasteiger partial charge is 0.326 e. The van der Waals surface area contributed by atoms with Crippen molar-refractivity contribution in [2.24, 2.45) is 5.92 Å². The van der Waals surface area contributed by atoms with Crippen LogP contribution in [-0.2, 0) is 4.79 Å². The molecule has 3 aromatic rings. The van der Waals surface area contributed by atoms with Crippen LogP contribution in [0.15, 0.2) is 61.2 Å². The highest BCUT2D eigenvalue weighted by molar-refractivity contribution is 6.53. The fourth-order valence-electron chi connectivity index (χ4n) is 3.79. The standard InChI is InChI=1S/C25H15Cl4F3N2O2/c1-11(30)15-5-2-12(8-18(15)27)21-22(25(21,28)29)24(36)33-14-4-6-17(26)16(10-14)23(35)34-20-7-3-13(31)9-19(20)32/h2-10,21-22H,1H2,(H,33,36)(H,34,35). The van der Waals surface area contributed by atoms with Crippen molar-refractivity contribution in [2.75, 3.05) is 10.6 Å². The van der Waals surface area contributed by atoms with Gasteiger partial charge in [-0.1, -0.05) is 41.9 Å². The average molecular weight is 574 g/mol. The molecule has 4 nitrogen and oxygen atoms in total. The van der Waals surface area contributed by atoms with Crippen LogP contribution < -0.4 is 10.6 Å². The Morgan fingerprint density at radius 3 is 2.25 bits per heavy atom. The molecule has 186 valence electrons. The molecular weight excluding hydrogens is 559 g/mol. The Bertz CT molecular complexity index is 1410. The zero-order valence-electron chi connectivity index (χ0n) is 18.0. The third-order valence-corrected chi connectivity index (χ3v) is 7.22. The molecule has 1 aliphatic carbocycles. The number of hydrogen-bond donors (Lipinski definition) is 2. The molecule has 11 heteroatoms. The van der Waals surface area contributed by atoms with E-state index in [1.165, 1.54) is 30.3 Å². The van der Waals surface area contributed by atoms with E-state index in [4.69, 9.17) is 46.4 Å². The van der Waals surface area contributed by atoms with Crippen molar-refractivity contribution in [3.8, 4) is 0 Å². The normalized spacial score (nSPS) is 17.9. The molecule has 2 unspecified atom stereocenters. The Kier molecular flexibility index (Phi) is 7.30. The number of anilines is 2. The van der Waals surface area contributed by atoms with Crippen molar-refractivity contribution in [1.82, 2.24) is 0 Å². The van der Waals surface area contributed by atoms with E-state index in [0.29, 0.717) is 11.6 Å². The number of halogens is 7. The van der Waals surface area contributed by atoms with Gasteiger partial charge in [-0.15, -0.1) is 23.2 Å². The Balaban J connectivity index is 1.51. The number of alkyl halides is 2. The molecule has 4 rings (SSSR count). The number of carbonyl (C=O) groups is 2. The van der Waals surface area contributed by atoms with Gasteiger partial charge in [0.15, 0.2) is 0 Å². The highest BCUT2D eigenvalue weighted by Gasteiger charge is 2.67. The lowest BCUT2D eigenvalue weighted by Gasteiger charge is -2.11. The van der Waals surface area contributed by atoms with Gasteiger partial charge in [0.25, 0.3) is 5.91 Å². The summed E-state index contributed by atoms with van der Waals surface area (Å²) in [7, 11) is 0. The van der Waals surface area contributed by atoms with E-state index in [9.17, 15) is 22.8 Å². The van der Waals surface area contributed by atoms with E-state index in [0.717, 1.165) is 12.1 Å². The molecule has 0 saturated heterocycles. The minimum absolute atomic E-state index is 0.0329. The van der Waals surface area contributed by atoms with E-state index < -0.39 is 45.4 Å². The van der Waals surface area contributed by atoms with Crippen LogP contribution in [0.25, 0.3) is 5.83 Å². The fourth-order valence-corrected chi connectivity index (χ4v) is 5.11. The highest BCUT2D eigenvalue weighted by atomic mass is 35.5. The van der Waals surface area contributed by atoms with E-state index in [1.807, 2.05) is 0 Å². The molecule has 2 N–H and O–H groups in total. The van der Waals surface area contributed by atoms with E-state index in [1.54, 1.807) is 6.07 Å². The number of hydrogen-bond acceptors (Lipinski definition) is 2. The van der Waals surface area contributed by atoms with Crippen molar-refractivity contribution in [1.29, 1.82) is 0 Å². The van der Waals surface area contributed by atoms with Gasteiger partial charge < -0.3 is 10.6 Å². The fraction of sp³-hybridized carbons (Fsp3) is 0.120. The van der Waals surface area contributed by atoms with Crippen LogP contribution in [0.3, 0.4) is 0 Å². The molecule has 2 amide bonds. The maximum Gasteiger partial charge on any atom is 0.257 e. The third-order valence-electron chi connectivity index (χ3n) is 5.64. The quantitative estimate of drug-likeness (QED) is 0.294. The predicted molar refractivity (Wildman–Crippen MR) is 137 cm³/mol. The summed E-state index contributed by atoms with van der Waals surface area (Å²) in [6, 6.07) is 11.2. The number of benzene rings is 3. The predicted octanol–water partition coefficient (Wildman–Crippen LogP) is 7.99. The lowest BCUT2D eigenvalue weighted by molar-refractivity contribution is -0.117. The van der Waals surface area contributed by atoms with E-state index >= 15 is 0 Å². The van der Waals surface area contributed by atoms with Gasteiger partial charge in [0.2, 0.25) is 5.91 Å². The van der Waals surface area contributed by atoms with Gasteiger partial charge in [0, 0.05) is 23.2 Å². The molecule has 1 saturated carbocycles. The Hall–Kier alpha value is -2.71. The molecule has 0 aliphatic heterocycles. The van der Waals surface area contributed by atoms with Crippen LogP contribution in [0.2, 0.25) is 10.0 Å². The Morgan fingerprint density at radius 2 is 1.61 bits per heavy atom. The molecule has 0 heterocycles. The number of nitrogens with one attached hydrogen (secondary N) is 2. The molecule has 0 bridgehead atoms. The van der Waals surface area contributed by atoms with Crippen molar-refractivity contribution in [2.45, 2.75) is 10.3 Å².